The molecule has 22 heavy (non-hydrogen) atoms. The van der Waals surface area contributed by atoms with Gasteiger partial charge in [0, 0.05) is 19.6 Å². The largest absolute Gasteiger partial charge is 0.480 e. The number of ether oxygens (including phenoxy) is 1. The summed E-state index contributed by atoms with van der Waals surface area (Å²) in [5.74, 6) is -0.977. The van der Waals surface area contributed by atoms with E-state index in [4.69, 9.17) is 9.84 Å². The number of halogens is 1. The third-order valence-corrected chi connectivity index (χ3v) is 3.54. The van der Waals surface area contributed by atoms with Crippen molar-refractivity contribution in [2.24, 2.45) is 0 Å². The van der Waals surface area contributed by atoms with Crippen LogP contribution in [0.15, 0.2) is 6.33 Å². The highest BCUT2D eigenvalue weighted by molar-refractivity contribution is 5.69. The zero-order valence-corrected chi connectivity index (χ0v) is 12.8. The van der Waals surface area contributed by atoms with Gasteiger partial charge in [-0.1, -0.05) is 6.92 Å². The molecule has 0 amide bonds. The number of carboxylic acid groups (broad SMARTS) is 1. The van der Waals surface area contributed by atoms with Crippen molar-refractivity contribution < 1.29 is 19.0 Å². The van der Waals surface area contributed by atoms with Crippen molar-refractivity contribution in [1.29, 1.82) is 0 Å². The number of anilines is 1. The Morgan fingerprint density at radius 1 is 1.59 bits per heavy atom. The highest BCUT2D eigenvalue weighted by Crippen LogP contribution is 2.21. The fourth-order valence-corrected chi connectivity index (χ4v) is 2.53. The van der Waals surface area contributed by atoms with Crippen molar-refractivity contribution in [2.75, 3.05) is 44.7 Å². The summed E-state index contributed by atoms with van der Waals surface area (Å²) in [6, 6.07) is 0. The zero-order chi connectivity index (χ0) is 16.1. The summed E-state index contributed by atoms with van der Waals surface area (Å²) >= 11 is 0. The number of aryl methyl sites for hydroxylation is 1. The van der Waals surface area contributed by atoms with Crippen LogP contribution >= 0.6 is 0 Å². The molecule has 1 aromatic rings. The maximum atomic E-state index is 14.3. The van der Waals surface area contributed by atoms with Crippen molar-refractivity contribution >= 4 is 11.8 Å². The highest BCUT2D eigenvalue weighted by atomic mass is 19.1. The normalized spacial score (nSPS) is 18.7. The first-order valence-electron chi connectivity index (χ1n) is 7.27. The Morgan fingerprint density at radius 2 is 2.36 bits per heavy atom. The van der Waals surface area contributed by atoms with Crippen LogP contribution in [-0.4, -0.2) is 71.9 Å². The molecule has 1 atom stereocenters. The molecule has 122 valence electrons. The number of nitrogens with zero attached hydrogens (tertiary/aromatic N) is 4. The van der Waals surface area contributed by atoms with Gasteiger partial charge in [0.1, 0.15) is 6.33 Å². The summed E-state index contributed by atoms with van der Waals surface area (Å²) in [6.07, 6.45) is 1.70. The second-order valence-corrected chi connectivity index (χ2v) is 5.34. The number of carboxylic acids is 1. The van der Waals surface area contributed by atoms with Gasteiger partial charge >= 0.3 is 5.97 Å². The van der Waals surface area contributed by atoms with Crippen LogP contribution in [0.4, 0.5) is 10.2 Å². The number of likely N-dealkylation sites (N-methyl/N-ethyl adjacent to an activating group) is 1. The standard InChI is InChI=1S/C14H21FN4O3/c1-3-11-13(15)14(17-9-16-11)19-4-5-22-10(7-19)6-18(2)8-12(20)21/h9-10H,3-8H2,1-2H3,(H,20,21). The maximum Gasteiger partial charge on any atom is 0.317 e. The molecule has 1 unspecified atom stereocenters. The van der Waals surface area contributed by atoms with Gasteiger partial charge in [0.05, 0.1) is 24.9 Å². The Hall–Kier alpha value is -1.80. The van der Waals surface area contributed by atoms with E-state index in [0.29, 0.717) is 44.2 Å². The average Bonchev–Trinajstić information content (AvgIpc) is 2.46. The average molecular weight is 312 g/mol. The third-order valence-electron chi connectivity index (χ3n) is 3.54. The van der Waals surface area contributed by atoms with Gasteiger partial charge in [-0.05, 0) is 13.5 Å². The lowest BCUT2D eigenvalue weighted by atomic mass is 10.2. The molecule has 1 aliphatic heterocycles. The van der Waals surface area contributed by atoms with Gasteiger partial charge in [-0.15, -0.1) is 0 Å². The predicted molar refractivity (Wildman–Crippen MR) is 78.5 cm³/mol. The van der Waals surface area contributed by atoms with Gasteiger partial charge in [0.15, 0.2) is 11.6 Å². The Labute approximate surface area is 128 Å². The van der Waals surface area contributed by atoms with Crippen molar-refractivity contribution in [1.82, 2.24) is 14.9 Å². The van der Waals surface area contributed by atoms with Gasteiger partial charge in [-0.25, -0.2) is 14.4 Å². The molecule has 1 saturated heterocycles. The van der Waals surface area contributed by atoms with E-state index in [1.54, 1.807) is 11.9 Å². The van der Waals surface area contributed by atoms with Gasteiger partial charge in [-0.2, -0.15) is 0 Å². The number of rotatable bonds is 6. The summed E-state index contributed by atoms with van der Waals surface area (Å²) in [5, 5.41) is 8.78. The minimum atomic E-state index is -0.885. The molecule has 0 bridgehead atoms. The van der Waals surface area contributed by atoms with Crippen LogP contribution in [0.25, 0.3) is 0 Å². The van der Waals surface area contributed by atoms with Crippen LogP contribution in [0, 0.1) is 5.82 Å². The minimum Gasteiger partial charge on any atom is -0.480 e. The molecule has 1 N–H and O–H groups in total. The van der Waals surface area contributed by atoms with Crippen molar-refractivity contribution in [2.45, 2.75) is 19.4 Å². The van der Waals surface area contributed by atoms with E-state index in [0.717, 1.165) is 0 Å². The maximum absolute atomic E-state index is 14.3. The lowest BCUT2D eigenvalue weighted by Gasteiger charge is -2.35. The van der Waals surface area contributed by atoms with Crippen LogP contribution < -0.4 is 4.90 Å². The monoisotopic (exact) mass is 312 g/mol. The summed E-state index contributed by atoms with van der Waals surface area (Å²) in [7, 11) is 1.72. The predicted octanol–water partition coefficient (Wildman–Crippen LogP) is 0.400. The van der Waals surface area contributed by atoms with E-state index < -0.39 is 5.97 Å². The minimum absolute atomic E-state index is 0.0539. The molecule has 1 fully saturated rings. The lowest BCUT2D eigenvalue weighted by Crippen LogP contribution is -2.48. The first-order chi connectivity index (χ1) is 10.5. The van der Waals surface area contributed by atoms with Crippen LogP contribution in [0.5, 0.6) is 0 Å². The SMILES string of the molecule is CCc1ncnc(N2CCOC(CN(C)CC(=O)O)C2)c1F. The van der Waals surface area contributed by atoms with Crippen LogP contribution in [0.3, 0.4) is 0 Å². The van der Waals surface area contributed by atoms with Crippen LogP contribution in [0.2, 0.25) is 0 Å². The summed E-state index contributed by atoms with van der Waals surface area (Å²) < 4.78 is 20.0. The van der Waals surface area contributed by atoms with Crippen LogP contribution in [0.1, 0.15) is 12.6 Å². The molecule has 0 radical (unpaired) electrons. The first kappa shape index (κ1) is 16.6. The Balaban J connectivity index is 2.03. The first-order valence-corrected chi connectivity index (χ1v) is 7.27. The smallest absolute Gasteiger partial charge is 0.317 e. The fourth-order valence-electron chi connectivity index (χ4n) is 2.53. The molecular formula is C14H21FN4O3. The lowest BCUT2D eigenvalue weighted by molar-refractivity contribution is -0.138. The molecule has 8 heteroatoms. The number of aromatic nitrogens is 2. The molecule has 0 aliphatic carbocycles. The van der Waals surface area contributed by atoms with E-state index in [-0.39, 0.29) is 18.5 Å². The molecule has 2 heterocycles. The van der Waals surface area contributed by atoms with E-state index in [2.05, 4.69) is 9.97 Å². The summed E-state index contributed by atoms with van der Waals surface area (Å²) in [4.78, 5) is 22.2. The van der Waals surface area contributed by atoms with Crippen molar-refractivity contribution in [3.8, 4) is 0 Å². The molecule has 0 saturated carbocycles. The van der Waals surface area contributed by atoms with Gasteiger partial charge in [-0.3, -0.25) is 9.69 Å². The quantitative estimate of drug-likeness (QED) is 0.814. The third kappa shape index (κ3) is 4.11. The Morgan fingerprint density at radius 3 is 3.05 bits per heavy atom. The zero-order valence-electron chi connectivity index (χ0n) is 12.8. The summed E-state index contributed by atoms with van der Waals surface area (Å²) in [5.41, 5.74) is 0.399. The van der Waals surface area contributed by atoms with E-state index in [1.807, 2.05) is 11.8 Å². The van der Waals surface area contributed by atoms with Crippen molar-refractivity contribution in [3.05, 3.63) is 17.8 Å². The number of morpholine rings is 1. The number of hydrogen-bond donors (Lipinski definition) is 1. The topological polar surface area (TPSA) is 78.8 Å². The second-order valence-electron chi connectivity index (χ2n) is 5.34. The molecule has 2 rings (SSSR count). The molecular weight excluding hydrogens is 291 g/mol. The number of carbonyl (C=O) groups is 1. The molecule has 1 aromatic heterocycles. The Bertz CT molecular complexity index is 529. The molecule has 0 spiro atoms. The van der Waals surface area contributed by atoms with Gasteiger partial charge < -0.3 is 14.7 Å². The fraction of sp³-hybridized carbons (Fsp3) is 0.643. The second kappa shape index (κ2) is 7.46. The molecule has 0 aromatic carbocycles. The molecule has 7 nitrogen and oxygen atoms in total. The van der Waals surface area contributed by atoms with Crippen LogP contribution in [-0.2, 0) is 16.0 Å². The number of hydrogen-bond acceptors (Lipinski definition) is 6. The molecule has 1 aliphatic rings. The van der Waals surface area contributed by atoms with E-state index in [1.165, 1.54) is 6.33 Å². The number of aliphatic carboxylic acids is 1. The summed E-state index contributed by atoms with van der Waals surface area (Å²) in [6.45, 7) is 3.74. The highest BCUT2D eigenvalue weighted by Gasteiger charge is 2.26. The van der Waals surface area contributed by atoms with Gasteiger partial charge in [0.25, 0.3) is 0 Å². The van der Waals surface area contributed by atoms with Crippen molar-refractivity contribution in [3.63, 3.8) is 0 Å². The van der Waals surface area contributed by atoms with Gasteiger partial charge in [0.2, 0.25) is 0 Å². The Kier molecular flexibility index (Phi) is 5.62. The van der Waals surface area contributed by atoms with E-state index >= 15 is 0 Å². The van der Waals surface area contributed by atoms with E-state index in [9.17, 15) is 9.18 Å².